The Kier molecular flexibility index (Phi) is 3.59. The van der Waals surface area contributed by atoms with E-state index in [4.69, 9.17) is 0 Å². The van der Waals surface area contributed by atoms with Crippen molar-refractivity contribution in [3.63, 3.8) is 0 Å². The Labute approximate surface area is 92.2 Å². The predicted octanol–water partition coefficient (Wildman–Crippen LogP) is 3.70. The summed E-state index contributed by atoms with van der Waals surface area (Å²) < 4.78 is 54.0. The average molecular weight is 287 g/mol. The molecule has 1 aromatic rings. The quantitative estimate of drug-likeness (QED) is 0.754. The molecule has 0 aromatic heterocycles. The summed E-state index contributed by atoms with van der Waals surface area (Å²) in [6.07, 6.45) is -5.51. The van der Waals surface area contributed by atoms with Gasteiger partial charge in [-0.3, -0.25) is 0 Å². The zero-order valence-corrected chi connectivity index (χ0v) is 9.25. The third-order valence-corrected chi connectivity index (χ3v) is 2.26. The summed E-state index contributed by atoms with van der Waals surface area (Å²) in [5.74, 6) is -0.910. The topological polar surface area (TPSA) is 9.23 Å². The van der Waals surface area contributed by atoms with Crippen LogP contribution < -0.4 is 4.74 Å². The maximum absolute atomic E-state index is 13.2. The molecule has 0 fully saturated rings. The molecule has 0 spiro atoms. The Bertz CT molecular complexity index is 339. The number of methoxy groups -OCH3 is 1. The molecular formula is C9H7BrF4O. The number of hydrogen-bond acceptors (Lipinski definition) is 1. The first-order chi connectivity index (χ1) is 6.83. The van der Waals surface area contributed by atoms with Crippen molar-refractivity contribution in [3.8, 4) is 5.75 Å². The molecule has 0 N–H and O–H groups in total. The van der Waals surface area contributed by atoms with Crippen molar-refractivity contribution >= 4 is 15.9 Å². The molecular weight excluding hydrogens is 280 g/mol. The second-order valence-corrected chi connectivity index (χ2v) is 3.74. The van der Waals surface area contributed by atoms with Gasteiger partial charge in [-0.05, 0) is 33.6 Å². The molecule has 6 heteroatoms. The maximum atomic E-state index is 13.2. The lowest BCUT2D eigenvalue weighted by Crippen LogP contribution is -2.11. The highest BCUT2D eigenvalue weighted by atomic mass is 79.9. The SMILES string of the molecule is COc1c(F)cc(CC(F)(F)F)cc1Br. The Morgan fingerprint density at radius 3 is 2.33 bits per heavy atom. The summed E-state index contributed by atoms with van der Waals surface area (Å²) in [5.41, 5.74) is -0.146. The van der Waals surface area contributed by atoms with E-state index in [-0.39, 0.29) is 15.8 Å². The molecule has 1 aromatic carbocycles. The van der Waals surface area contributed by atoms with Crippen LogP contribution in [0.2, 0.25) is 0 Å². The monoisotopic (exact) mass is 286 g/mol. The molecule has 15 heavy (non-hydrogen) atoms. The van der Waals surface area contributed by atoms with Gasteiger partial charge in [0.25, 0.3) is 0 Å². The minimum Gasteiger partial charge on any atom is -0.492 e. The van der Waals surface area contributed by atoms with Crippen LogP contribution in [0.15, 0.2) is 16.6 Å². The van der Waals surface area contributed by atoms with Gasteiger partial charge in [0.2, 0.25) is 0 Å². The van der Waals surface area contributed by atoms with Gasteiger partial charge in [-0.1, -0.05) is 0 Å². The second-order valence-electron chi connectivity index (χ2n) is 2.88. The Hall–Kier alpha value is -0.780. The highest BCUT2D eigenvalue weighted by molar-refractivity contribution is 9.10. The average Bonchev–Trinajstić information content (AvgIpc) is 1.99. The summed E-state index contributed by atoms with van der Waals surface area (Å²) in [6.45, 7) is 0. The highest BCUT2D eigenvalue weighted by Crippen LogP contribution is 2.31. The van der Waals surface area contributed by atoms with Gasteiger partial charge < -0.3 is 4.74 Å². The van der Waals surface area contributed by atoms with Gasteiger partial charge in [0.05, 0.1) is 18.0 Å². The minimum absolute atomic E-state index is 0.0964. The number of rotatable bonds is 2. The number of halogens is 5. The van der Waals surface area contributed by atoms with Crippen molar-refractivity contribution in [2.75, 3.05) is 7.11 Å². The van der Waals surface area contributed by atoms with Crippen LogP contribution in [0.4, 0.5) is 17.6 Å². The van der Waals surface area contributed by atoms with Crippen LogP contribution in [0.25, 0.3) is 0 Å². The summed E-state index contributed by atoms with van der Waals surface area (Å²) in [6, 6.07) is 2.01. The lowest BCUT2D eigenvalue weighted by molar-refractivity contribution is -0.127. The van der Waals surface area contributed by atoms with E-state index >= 15 is 0 Å². The first-order valence-corrected chi connectivity index (χ1v) is 4.71. The molecule has 0 aliphatic carbocycles. The molecule has 0 bridgehead atoms. The van der Waals surface area contributed by atoms with Crippen LogP contribution in [0, 0.1) is 5.82 Å². The predicted molar refractivity (Wildman–Crippen MR) is 50.4 cm³/mol. The molecule has 0 aliphatic rings. The molecule has 0 heterocycles. The van der Waals surface area contributed by atoms with Gasteiger partial charge in [-0.25, -0.2) is 4.39 Å². The van der Waals surface area contributed by atoms with Gasteiger partial charge in [0.1, 0.15) is 0 Å². The summed E-state index contributed by atoms with van der Waals surface area (Å²) in [5, 5.41) is 0. The van der Waals surface area contributed by atoms with Crippen molar-refractivity contribution in [3.05, 3.63) is 28.0 Å². The van der Waals surface area contributed by atoms with Crippen LogP contribution >= 0.6 is 15.9 Å². The lowest BCUT2D eigenvalue weighted by atomic mass is 10.1. The number of benzene rings is 1. The van der Waals surface area contributed by atoms with E-state index in [1.807, 2.05) is 0 Å². The van der Waals surface area contributed by atoms with Crippen LogP contribution in [0.3, 0.4) is 0 Å². The summed E-state index contributed by atoms with van der Waals surface area (Å²) >= 11 is 2.93. The van der Waals surface area contributed by atoms with Crippen LogP contribution in [-0.4, -0.2) is 13.3 Å². The number of alkyl halides is 3. The fourth-order valence-electron chi connectivity index (χ4n) is 1.14. The fourth-order valence-corrected chi connectivity index (χ4v) is 1.79. The van der Waals surface area contributed by atoms with Crippen LogP contribution in [0.5, 0.6) is 5.75 Å². The van der Waals surface area contributed by atoms with Crippen molar-refractivity contribution in [2.45, 2.75) is 12.6 Å². The van der Waals surface area contributed by atoms with Gasteiger partial charge in [-0.2, -0.15) is 13.2 Å². The molecule has 0 atom stereocenters. The zero-order chi connectivity index (χ0) is 11.6. The summed E-state index contributed by atoms with van der Waals surface area (Å²) in [7, 11) is 1.24. The minimum atomic E-state index is -4.35. The van der Waals surface area contributed by atoms with E-state index in [9.17, 15) is 17.6 Å². The van der Waals surface area contributed by atoms with E-state index in [0.717, 1.165) is 6.07 Å². The van der Waals surface area contributed by atoms with E-state index < -0.39 is 18.4 Å². The Morgan fingerprint density at radius 2 is 1.93 bits per heavy atom. The largest absolute Gasteiger partial charge is 0.492 e. The van der Waals surface area contributed by atoms with Crippen LogP contribution in [-0.2, 0) is 6.42 Å². The van der Waals surface area contributed by atoms with Crippen molar-refractivity contribution in [1.82, 2.24) is 0 Å². The standard InChI is InChI=1S/C9H7BrF4O/c1-15-8-6(10)2-5(3-7(8)11)4-9(12,13)14/h2-3H,4H2,1H3. The number of hydrogen-bond donors (Lipinski definition) is 0. The van der Waals surface area contributed by atoms with E-state index in [1.165, 1.54) is 13.2 Å². The third-order valence-electron chi connectivity index (χ3n) is 1.67. The third kappa shape index (κ3) is 3.37. The Balaban J connectivity index is 3.04. The first kappa shape index (κ1) is 12.3. The van der Waals surface area contributed by atoms with E-state index in [1.54, 1.807) is 0 Å². The van der Waals surface area contributed by atoms with Crippen LogP contribution in [0.1, 0.15) is 5.56 Å². The molecule has 0 radical (unpaired) electrons. The highest BCUT2D eigenvalue weighted by Gasteiger charge is 2.28. The normalized spacial score (nSPS) is 11.6. The van der Waals surface area contributed by atoms with Gasteiger partial charge in [0.15, 0.2) is 11.6 Å². The molecule has 0 amide bonds. The molecule has 0 aliphatic heterocycles. The van der Waals surface area contributed by atoms with Gasteiger partial charge in [0, 0.05) is 0 Å². The first-order valence-electron chi connectivity index (χ1n) is 3.92. The fraction of sp³-hybridized carbons (Fsp3) is 0.333. The molecule has 0 saturated heterocycles. The van der Waals surface area contributed by atoms with E-state index in [0.29, 0.717) is 0 Å². The van der Waals surface area contributed by atoms with E-state index in [2.05, 4.69) is 20.7 Å². The summed E-state index contributed by atoms with van der Waals surface area (Å²) in [4.78, 5) is 0. The van der Waals surface area contributed by atoms with Crippen molar-refractivity contribution in [2.24, 2.45) is 0 Å². The molecule has 84 valence electrons. The lowest BCUT2D eigenvalue weighted by Gasteiger charge is -2.09. The van der Waals surface area contributed by atoms with Crippen molar-refractivity contribution < 1.29 is 22.3 Å². The van der Waals surface area contributed by atoms with Gasteiger partial charge in [-0.15, -0.1) is 0 Å². The van der Waals surface area contributed by atoms with Crippen molar-refractivity contribution in [1.29, 1.82) is 0 Å². The second kappa shape index (κ2) is 4.38. The maximum Gasteiger partial charge on any atom is 0.393 e. The zero-order valence-electron chi connectivity index (χ0n) is 7.66. The molecule has 0 saturated carbocycles. The number of ether oxygens (including phenoxy) is 1. The molecule has 1 nitrogen and oxygen atoms in total. The molecule has 1 rings (SSSR count). The Morgan fingerprint density at radius 1 is 1.33 bits per heavy atom. The molecule has 0 unspecified atom stereocenters. The van der Waals surface area contributed by atoms with Gasteiger partial charge >= 0.3 is 6.18 Å². The smallest absolute Gasteiger partial charge is 0.393 e.